The third-order valence-corrected chi connectivity index (χ3v) is 7.56. The molecule has 0 unspecified atom stereocenters. The van der Waals surface area contributed by atoms with Crippen LogP contribution in [-0.2, 0) is 43.0 Å². The third-order valence-electron chi connectivity index (χ3n) is 7.56. The molecule has 0 saturated carbocycles. The number of unbranched alkanes of at least 4 members (excludes halogenated alkanes) is 1. The van der Waals surface area contributed by atoms with E-state index in [9.17, 15) is 60.0 Å². The lowest BCUT2D eigenvalue weighted by Crippen LogP contribution is -2.59. The first kappa shape index (κ1) is 37.1. The Kier molecular flexibility index (Phi) is 14.4. The summed E-state index contributed by atoms with van der Waals surface area (Å²) in [7, 11) is 0. The molecule has 0 aromatic heterocycles. The number of hydrogen-bond acceptors (Lipinski definition) is 17. The third kappa shape index (κ3) is 9.80. The van der Waals surface area contributed by atoms with Gasteiger partial charge in [0, 0.05) is 38.8 Å². The Bertz CT molecular complexity index is 941. The number of carbonyl (C=O) groups is 4. The zero-order chi connectivity index (χ0) is 33.3. The highest BCUT2D eigenvalue weighted by molar-refractivity contribution is 6.01. The van der Waals surface area contributed by atoms with Crippen molar-refractivity contribution in [3.05, 3.63) is 0 Å². The molecular weight excluding hydrogens is 612 g/mol. The zero-order valence-electron chi connectivity index (χ0n) is 24.4. The number of aliphatic hydroxyl groups is 8. The molecule has 0 radical (unpaired) electrons. The fraction of sp³-hybridized carbons (Fsp3) is 0.846. The molecule has 0 spiro atoms. The molecule has 45 heavy (non-hydrogen) atoms. The Morgan fingerprint density at radius 1 is 0.711 bits per heavy atom. The van der Waals surface area contributed by atoms with E-state index in [2.05, 4.69) is 0 Å². The van der Waals surface area contributed by atoms with Crippen LogP contribution in [0.4, 0.5) is 0 Å². The summed E-state index contributed by atoms with van der Waals surface area (Å²) >= 11 is 0. The molecule has 3 amide bonds. The Morgan fingerprint density at radius 2 is 1.16 bits per heavy atom. The molecule has 3 aliphatic rings. The van der Waals surface area contributed by atoms with Crippen LogP contribution < -0.4 is 0 Å². The predicted octanol–water partition coefficient (Wildman–Crippen LogP) is -5.38. The Balaban J connectivity index is 1.52. The van der Waals surface area contributed by atoms with Gasteiger partial charge in [0.15, 0.2) is 12.6 Å². The fourth-order valence-corrected chi connectivity index (χ4v) is 4.84. The average Bonchev–Trinajstić information content (AvgIpc) is 3.34. The molecular formula is C26H42N2O17. The second-order valence-electron chi connectivity index (χ2n) is 10.8. The van der Waals surface area contributed by atoms with Crippen molar-refractivity contribution in [1.29, 1.82) is 0 Å². The van der Waals surface area contributed by atoms with E-state index in [-0.39, 0.29) is 64.8 Å². The Labute approximate surface area is 257 Å². The van der Waals surface area contributed by atoms with Crippen molar-refractivity contribution in [1.82, 2.24) is 9.96 Å². The molecule has 0 aromatic rings. The van der Waals surface area contributed by atoms with E-state index in [0.717, 1.165) is 0 Å². The van der Waals surface area contributed by atoms with Crippen molar-refractivity contribution in [2.24, 2.45) is 0 Å². The molecule has 0 bridgehead atoms. The highest BCUT2D eigenvalue weighted by Crippen LogP contribution is 2.23. The van der Waals surface area contributed by atoms with Gasteiger partial charge in [0.05, 0.1) is 26.4 Å². The molecule has 3 heterocycles. The number of aliphatic hydroxyl groups excluding tert-OH is 8. The minimum atomic E-state index is -1.67. The second kappa shape index (κ2) is 17.5. The SMILES string of the molecule is O=C(CCCCC(=O)N(CCO[C@H]1O[C@H](CO)[C@@H](O)[C@H](O)[C@@H]1O)CCO[C@H]1O[C@H](CO)[C@@H](O)[C@H](O)[C@@H]1O)ON1C(=O)CCC1=O. The van der Waals surface area contributed by atoms with Crippen LogP contribution in [0.2, 0.25) is 0 Å². The minimum Gasteiger partial charge on any atom is -0.394 e. The molecule has 258 valence electrons. The number of carbonyl (C=O) groups excluding carboxylic acids is 4. The van der Waals surface area contributed by atoms with Crippen LogP contribution in [0.5, 0.6) is 0 Å². The predicted molar refractivity (Wildman–Crippen MR) is 142 cm³/mol. The summed E-state index contributed by atoms with van der Waals surface area (Å²) in [6.45, 7) is -2.07. The van der Waals surface area contributed by atoms with Gasteiger partial charge in [0.1, 0.15) is 48.8 Å². The summed E-state index contributed by atoms with van der Waals surface area (Å²) in [4.78, 5) is 54.3. The first-order valence-electron chi connectivity index (χ1n) is 14.6. The number of rotatable bonds is 16. The topological polar surface area (TPSA) is 283 Å². The number of nitrogens with zero attached hydrogens (tertiary/aromatic N) is 2. The average molecular weight is 655 g/mol. The van der Waals surface area contributed by atoms with Gasteiger partial charge >= 0.3 is 5.97 Å². The molecule has 3 fully saturated rings. The number of hydrogen-bond donors (Lipinski definition) is 8. The molecule has 19 heteroatoms. The number of imide groups is 1. The molecule has 0 aliphatic carbocycles. The molecule has 3 rings (SSSR count). The van der Waals surface area contributed by atoms with Crippen LogP contribution in [0.1, 0.15) is 38.5 Å². The van der Waals surface area contributed by atoms with Gasteiger partial charge in [-0.2, -0.15) is 0 Å². The van der Waals surface area contributed by atoms with Crippen LogP contribution in [-0.4, -0.2) is 175 Å². The zero-order valence-corrected chi connectivity index (χ0v) is 24.4. The van der Waals surface area contributed by atoms with Gasteiger partial charge in [-0.15, -0.1) is 5.06 Å². The lowest BCUT2D eigenvalue weighted by atomic mass is 9.99. The summed E-state index contributed by atoms with van der Waals surface area (Å²) in [6.07, 6.45) is -15.1. The van der Waals surface area contributed by atoms with E-state index in [0.29, 0.717) is 5.06 Å². The minimum absolute atomic E-state index is 0.0450. The molecule has 0 aromatic carbocycles. The van der Waals surface area contributed by atoms with Crippen molar-refractivity contribution in [3.63, 3.8) is 0 Å². The first-order valence-corrected chi connectivity index (χ1v) is 14.6. The van der Waals surface area contributed by atoms with Crippen LogP contribution in [0.3, 0.4) is 0 Å². The standard InChI is InChI=1S/C26H42N2O17/c29-11-13-19(35)21(37)23(39)25(43-13)41-9-7-27(8-10-42-26-24(40)22(38)20(36)14(12-30)44-26)15(31)3-1-2-4-18(34)45-28-16(32)5-6-17(28)33/h13-14,19-26,29-30,35-40H,1-12H2/t13-,14-,19-,20-,21+,22+,23+,24+,25+,26+/m1/s1. The van der Waals surface area contributed by atoms with Crippen LogP contribution in [0.15, 0.2) is 0 Å². The maximum atomic E-state index is 13.1. The van der Waals surface area contributed by atoms with Crippen LogP contribution in [0.25, 0.3) is 0 Å². The van der Waals surface area contributed by atoms with Gasteiger partial charge in [-0.1, -0.05) is 0 Å². The van der Waals surface area contributed by atoms with Crippen LogP contribution >= 0.6 is 0 Å². The van der Waals surface area contributed by atoms with E-state index in [1.807, 2.05) is 0 Å². The Hall–Kier alpha value is -2.40. The first-order chi connectivity index (χ1) is 21.4. The van der Waals surface area contributed by atoms with E-state index in [1.54, 1.807) is 0 Å². The van der Waals surface area contributed by atoms with Gasteiger partial charge in [0.25, 0.3) is 11.8 Å². The van der Waals surface area contributed by atoms with Crippen molar-refractivity contribution in [3.8, 4) is 0 Å². The van der Waals surface area contributed by atoms with Crippen molar-refractivity contribution < 1.29 is 83.8 Å². The number of ether oxygens (including phenoxy) is 4. The summed E-state index contributed by atoms with van der Waals surface area (Å²) in [5.41, 5.74) is 0. The van der Waals surface area contributed by atoms with Crippen molar-refractivity contribution in [2.75, 3.05) is 39.5 Å². The summed E-state index contributed by atoms with van der Waals surface area (Å²) in [5, 5.41) is 79.3. The van der Waals surface area contributed by atoms with E-state index in [4.69, 9.17) is 23.8 Å². The molecule has 19 nitrogen and oxygen atoms in total. The molecule has 8 N–H and O–H groups in total. The van der Waals surface area contributed by atoms with E-state index in [1.165, 1.54) is 4.90 Å². The largest absolute Gasteiger partial charge is 0.394 e. The smallest absolute Gasteiger partial charge is 0.333 e. The molecule has 3 saturated heterocycles. The normalized spacial score (nSPS) is 33.8. The summed E-state index contributed by atoms with van der Waals surface area (Å²) in [6, 6.07) is 0. The number of amides is 3. The maximum Gasteiger partial charge on any atom is 0.333 e. The molecule has 3 aliphatic heterocycles. The second-order valence-corrected chi connectivity index (χ2v) is 10.8. The van der Waals surface area contributed by atoms with Gasteiger partial charge < -0.3 is 69.5 Å². The quantitative estimate of drug-likeness (QED) is 0.0569. The van der Waals surface area contributed by atoms with E-state index < -0.39 is 98.3 Å². The van der Waals surface area contributed by atoms with Gasteiger partial charge in [-0.3, -0.25) is 14.4 Å². The van der Waals surface area contributed by atoms with Gasteiger partial charge in [-0.25, -0.2) is 4.79 Å². The van der Waals surface area contributed by atoms with Crippen molar-refractivity contribution in [2.45, 2.75) is 99.9 Å². The Morgan fingerprint density at radius 3 is 1.60 bits per heavy atom. The fourth-order valence-electron chi connectivity index (χ4n) is 4.84. The lowest BCUT2D eigenvalue weighted by molar-refractivity contribution is -0.303. The number of hydroxylamine groups is 2. The highest BCUT2D eigenvalue weighted by atomic mass is 16.7. The molecule has 10 atom stereocenters. The summed E-state index contributed by atoms with van der Waals surface area (Å²) < 4.78 is 21.5. The van der Waals surface area contributed by atoms with Gasteiger partial charge in [0.2, 0.25) is 5.91 Å². The maximum absolute atomic E-state index is 13.1. The monoisotopic (exact) mass is 654 g/mol. The van der Waals surface area contributed by atoms with Crippen molar-refractivity contribution >= 4 is 23.7 Å². The van der Waals surface area contributed by atoms with Gasteiger partial charge in [-0.05, 0) is 12.8 Å². The van der Waals surface area contributed by atoms with E-state index >= 15 is 0 Å². The van der Waals surface area contributed by atoms with Crippen LogP contribution in [0, 0.1) is 0 Å². The highest BCUT2D eigenvalue weighted by Gasteiger charge is 2.45. The lowest BCUT2D eigenvalue weighted by Gasteiger charge is -2.40. The summed E-state index contributed by atoms with van der Waals surface area (Å²) in [5.74, 6) is -2.49.